The van der Waals surface area contributed by atoms with Gasteiger partial charge in [0.15, 0.2) is 0 Å². The quantitative estimate of drug-likeness (QED) is 0.656. The maximum absolute atomic E-state index is 2.55. The minimum absolute atomic E-state index is 0. The summed E-state index contributed by atoms with van der Waals surface area (Å²) >= 11 is -1.29. The molecule has 15 heavy (non-hydrogen) atoms. The standard InChI is InChI=1S/2C5H5.C2H7Si.ClH.Zr/c2*1-2-4-5-3-1;1-3-2;;/h2*1-3H,4H2;3H,1-2H3;1H;/q;;;;+1/p-1. The van der Waals surface area contributed by atoms with Gasteiger partial charge in [0.25, 0.3) is 0 Å². The zero-order valence-electron chi connectivity index (χ0n) is 9.33. The van der Waals surface area contributed by atoms with E-state index >= 15 is 0 Å². The Balaban J connectivity index is 0.00000112. The van der Waals surface area contributed by atoms with Gasteiger partial charge in [-0.25, -0.2) is 0 Å². The molecular weight excluding hydrogens is 299 g/mol. The van der Waals surface area contributed by atoms with Crippen LogP contribution >= 0.6 is 0 Å². The number of halogens is 1. The van der Waals surface area contributed by atoms with E-state index in [0.29, 0.717) is 0 Å². The van der Waals surface area contributed by atoms with E-state index in [1.807, 2.05) is 6.56 Å². The summed E-state index contributed by atoms with van der Waals surface area (Å²) in [4.78, 5) is 0. The zero-order chi connectivity index (χ0) is 9.97. The van der Waals surface area contributed by atoms with Crippen molar-refractivity contribution in [3.8, 4) is 0 Å². The maximum atomic E-state index is 2.55. The van der Waals surface area contributed by atoms with E-state index in [0.717, 1.165) is 0 Å². The fourth-order valence-corrected chi connectivity index (χ4v) is 21.2. The van der Waals surface area contributed by atoms with E-state index in [4.69, 9.17) is 0 Å². The Morgan fingerprint density at radius 2 is 1.47 bits per heavy atom. The van der Waals surface area contributed by atoms with Crippen molar-refractivity contribution in [3.63, 3.8) is 0 Å². The molecule has 2 rings (SSSR count). The zero-order valence-corrected chi connectivity index (χ0v) is 13.7. The van der Waals surface area contributed by atoms with Gasteiger partial charge in [0.1, 0.15) is 0 Å². The summed E-state index contributed by atoms with van der Waals surface area (Å²) in [5.74, 6) is -0.412. The molecule has 0 N–H and O–H groups in total. The fraction of sp³-hybridized carbons (Fsp3) is 0.333. The molecule has 2 aliphatic rings. The normalized spacial score (nSPS) is 17.8. The van der Waals surface area contributed by atoms with E-state index in [2.05, 4.69) is 49.6 Å². The molecular formula is C12H17ClSiZr. The third-order valence-electron chi connectivity index (χ3n) is 2.81. The van der Waals surface area contributed by atoms with Crippen molar-refractivity contribution < 1.29 is 33.3 Å². The Hall–Kier alpha value is 0.350. The second-order valence-corrected chi connectivity index (χ2v) is 23.6. The number of rotatable bonds is 3. The van der Waals surface area contributed by atoms with Crippen LogP contribution in [-0.2, 0) is 20.9 Å². The molecule has 0 saturated carbocycles. The van der Waals surface area contributed by atoms with E-state index < -0.39 is 26.8 Å². The molecule has 0 spiro atoms. The minimum atomic E-state index is -1.29. The Bertz CT molecular complexity index is 310. The van der Waals surface area contributed by atoms with Gasteiger partial charge < -0.3 is 12.4 Å². The maximum Gasteiger partial charge on any atom is -1.00 e. The van der Waals surface area contributed by atoms with Gasteiger partial charge in [0, 0.05) is 0 Å². The van der Waals surface area contributed by atoms with Gasteiger partial charge in [0.2, 0.25) is 0 Å². The first-order valence-electron chi connectivity index (χ1n) is 5.38. The number of allylic oxidation sites excluding steroid dienone is 8. The van der Waals surface area contributed by atoms with Crippen molar-refractivity contribution in [2.75, 3.05) is 0 Å². The van der Waals surface area contributed by atoms with E-state index in [-0.39, 0.29) is 12.4 Å². The first-order chi connectivity index (χ1) is 6.79. The minimum Gasteiger partial charge on any atom is -1.00 e. The van der Waals surface area contributed by atoms with Crippen LogP contribution in [0.15, 0.2) is 43.0 Å². The fourth-order valence-electron chi connectivity index (χ4n) is 2.24. The van der Waals surface area contributed by atoms with Gasteiger partial charge in [-0.1, -0.05) is 0 Å². The third-order valence-corrected chi connectivity index (χ3v) is 22.1. The average molecular weight is 316 g/mol. The molecule has 0 fully saturated rings. The molecule has 0 aromatic heterocycles. The average Bonchev–Trinajstić information content (AvgIpc) is 2.75. The molecule has 0 atom stereocenters. The van der Waals surface area contributed by atoms with Gasteiger partial charge in [-0.05, 0) is 0 Å². The molecule has 0 aliphatic heterocycles. The number of hydrogen-bond donors (Lipinski definition) is 0. The van der Waals surface area contributed by atoms with Crippen molar-refractivity contribution in [2.45, 2.75) is 25.9 Å². The molecule has 0 aromatic carbocycles. The summed E-state index contributed by atoms with van der Waals surface area (Å²) in [6, 6.07) is 0. The van der Waals surface area contributed by atoms with Gasteiger partial charge in [-0.3, -0.25) is 0 Å². The van der Waals surface area contributed by atoms with Gasteiger partial charge in [-0.2, -0.15) is 0 Å². The van der Waals surface area contributed by atoms with E-state index in [9.17, 15) is 0 Å². The van der Waals surface area contributed by atoms with Gasteiger partial charge in [0.05, 0.1) is 0 Å². The molecule has 0 bridgehead atoms. The predicted octanol–water partition coefficient (Wildman–Crippen LogP) is 0.280. The summed E-state index contributed by atoms with van der Waals surface area (Å²) in [7, 11) is 0. The summed E-state index contributed by atoms with van der Waals surface area (Å²) in [5, 5.41) is 0. The first kappa shape index (κ1) is 13.4. The molecule has 0 radical (unpaired) electrons. The van der Waals surface area contributed by atoms with Crippen molar-refractivity contribution in [3.05, 3.63) is 43.0 Å². The molecule has 3 heteroatoms. The second kappa shape index (κ2) is 6.18. The van der Waals surface area contributed by atoms with Crippen LogP contribution in [0, 0.1) is 0 Å². The SMILES string of the molecule is C[SiH](C)[Zr+]([C]1=CC=CC1)[C]1=CC=CC1.[Cl-]. The monoisotopic (exact) mass is 314 g/mol. The van der Waals surface area contributed by atoms with E-state index in [1.54, 1.807) is 0 Å². The molecule has 0 heterocycles. The molecule has 0 aromatic rings. The molecule has 80 valence electrons. The van der Waals surface area contributed by atoms with Crippen molar-refractivity contribution in [2.24, 2.45) is 0 Å². The van der Waals surface area contributed by atoms with Crippen LogP contribution in [0.5, 0.6) is 0 Å². The van der Waals surface area contributed by atoms with Crippen LogP contribution in [0.1, 0.15) is 12.8 Å². The summed E-state index contributed by atoms with van der Waals surface area (Å²) in [5.41, 5.74) is 0. The van der Waals surface area contributed by atoms with Crippen LogP contribution in [0.25, 0.3) is 0 Å². The largest absolute Gasteiger partial charge is 1.00 e. The molecule has 0 unspecified atom stereocenters. The van der Waals surface area contributed by atoms with Crippen molar-refractivity contribution in [1.29, 1.82) is 0 Å². The molecule has 2 aliphatic carbocycles. The number of hydrogen-bond acceptors (Lipinski definition) is 0. The molecule has 0 amide bonds. The Labute approximate surface area is 107 Å². The summed E-state index contributed by atoms with van der Waals surface area (Å²) < 4.78 is 3.70. The van der Waals surface area contributed by atoms with Gasteiger partial charge in [-0.15, -0.1) is 0 Å². The second-order valence-electron chi connectivity index (χ2n) is 4.22. The van der Waals surface area contributed by atoms with Crippen LogP contribution in [0.4, 0.5) is 0 Å². The third kappa shape index (κ3) is 3.15. The van der Waals surface area contributed by atoms with Crippen LogP contribution in [-0.4, -0.2) is 5.92 Å². The van der Waals surface area contributed by atoms with Gasteiger partial charge >= 0.3 is 95.8 Å². The Morgan fingerprint density at radius 1 is 1.00 bits per heavy atom. The topological polar surface area (TPSA) is 0 Å². The first-order valence-corrected chi connectivity index (χ1v) is 15.0. The smallest absolute Gasteiger partial charge is 1.00 e. The van der Waals surface area contributed by atoms with Crippen molar-refractivity contribution in [1.82, 2.24) is 0 Å². The molecule has 0 nitrogen and oxygen atoms in total. The molecule has 0 saturated heterocycles. The predicted molar refractivity (Wildman–Crippen MR) is 62.6 cm³/mol. The van der Waals surface area contributed by atoms with Crippen LogP contribution < -0.4 is 12.4 Å². The Kier molecular flexibility index (Phi) is 5.52. The Morgan fingerprint density at radius 3 is 1.73 bits per heavy atom. The van der Waals surface area contributed by atoms with E-state index in [1.165, 1.54) is 12.8 Å². The van der Waals surface area contributed by atoms with Crippen molar-refractivity contribution >= 4 is 5.92 Å². The summed E-state index contributed by atoms with van der Waals surface area (Å²) in [6.45, 7) is 5.10. The van der Waals surface area contributed by atoms with Crippen LogP contribution in [0.2, 0.25) is 13.1 Å². The van der Waals surface area contributed by atoms with Crippen LogP contribution in [0.3, 0.4) is 0 Å². The summed E-state index contributed by atoms with van der Waals surface area (Å²) in [6.07, 6.45) is 16.6.